The second-order valence-corrected chi connectivity index (χ2v) is 6.78. The van der Waals surface area contributed by atoms with Crippen LogP contribution in [0.2, 0.25) is 0 Å². The number of Topliss-reactive ketones (excluding diaryl/α,β-unsaturated/α-hetero) is 1. The van der Waals surface area contributed by atoms with Crippen molar-refractivity contribution in [2.45, 2.75) is 32.6 Å². The Morgan fingerprint density at radius 1 is 1.07 bits per heavy atom. The van der Waals surface area contributed by atoms with Gasteiger partial charge >= 0.3 is 0 Å². The van der Waals surface area contributed by atoms with Crippen molar-refractivity contribution in [2.75, 3.05) is 23.4 Å². The first-order valence-corrected chi connectivity index (χ1v) is 9.47. The Morgan fingerprint density at radius 3 is 2.39 bits per heavy atom. The van der Waals surface area contributed by atoms with Gasteiger partial charge in [-0.2, -0.15) is 0 Å². The number of nitrogens with zero attached hydrogens (tertiary/aromatic N) is 1. The van der Waals surface area contributed by atoms with Crippen LogP contribution >= 0.6 is 0 Å². The predicted molar refractivity (Wildman–Crippen MR) is 108 cm³/mol. The highest BCUT2D eigenvalue weighted by Gasteiger charge is 2.21. The molecular formula is C22H24N2O4. The molecule has 0 bridgehead atoms. The second kappa shape index (κ2) is 9.17. The largest absolute Gasteiger partial charge is 0.494 e. The molecule has 0 radical (unpaired) electrons. The van der Waals surface area contributed by atoms with Gasteiger partial charge < -0.3 is 15.0 Å². The Hall–Kier alpha value is -3.15. The Balaban J connectivity index is 1.39. The van der Waals surface area contributed by atoms with Gasteiger partial charge in [-0.25, -0.2) is 0 Å². The van der Waals surface area contributed by atoms with Crippen LogP contribution in [0.1, 0.15) is 43.0 Å². The molecule has 2 aromatic rings. The number of rotatable bonds is 8. The van der Waals surface area contributed by atoms with Crippen LogP contribution in [0, 0.1) is 0 Å². The fraction of sp³-hybridized carbons (Fsp3) is 0.318. The van der Waals surface area contributed by atoms with E-state index in [1.165, 1.54) is 6.92 Å². The molecule has 6 heteroatoms. The number of anilines is 2. The third-order valence-electron chi connectivity index (χ3n) is 4.61. The summed E-state index contributed by atoms with van der Waals surface area (Å²) < 4.78 is 5.60. The van der Waals surface area contributed by atoms with Crippen molar-refractivity contribution in [3.05, 3.63) is 54.1 Å². The molecule has 3 rings (SSSR count). The third-order valence-corrected chi connectivity index (χ3v) is 4.61. The number of nitrogens with one attached hydrogen (secondary N) is 1. The third kappa shape index (κ3) is 5.19. The Bertz CT molecular complexity index is 844. The average Bonchev–Trinajstić information content (AvgIpc) is 3.12. The zero-order valence-corrected chi connectivity index (χ0v) is 15.9. The van der Waals surface area contributed by atoms with Gasteiger partial charge in [0.25, 0.3) is 0 Å². The maximum absolute atomic E-state index is 12.1. The molecule has 2 amide bonds. The first kappa shape index (κ1) is 19.6. The minimum Gasteiger partial charge on any atom is -0.494 e. The number of hydrogen-bond acceptors (Lipinski definition) is 4. The summed E-state index contributed by atoms with van der Waals surface area (Å²) in [5, 5.41) is 2.85. The van der Waals surface area contributed by atoms with Gasteiger partial charge in [-0.1, -0.05) is 0 Å². The van der Waals surface area contributed by atoms with Gasteiger partial charge in [0.05, 0.1) is 6.61 Å². The normalized spacial score (nSPS) is 13.5. The first-order chi connectivity index (χ1) is 13.5. The molecule has 2 aromatic carbocycles. The van der Waals surface area contributed by atoms with Crippen molar-refractivity contribution in [2.24, 2.45) is 0 Å². The molecule has 1 aliphatic heterocycles. The molecule has 0 aromatic heterocycles. The minimum atomic E-state index is -0.0828. The van der Waals surface area contributed by atoms with E-state index in [9.17, 15) is 14.4 Å². The molecule has 1 aliphatic rings. The van der Waals surface area contributed by atoms with E-state index in [0.29, 0.717) is 42.9 Å². The summed E-state index contributed by atoms with van der Waals surface area (Å²) in [5.74, 6) is 0.758. The highest BCUT2D eigenvalue weighted by Crippen LogP contribution is 2.23. The summed E-state index contributed by atoms with van der Waals surface area (Å²) in [4.78, 5) is 36.8. The van der Waals surface area contributed by atoms with Gasteiger partial charge in [-0.05, 0) is 68.3 Å². The topological polar surface area (TPSA) is 75.7 Å². The smallest absolute Gasteiger partial charge is 0.227 e. The SMILES string of the molecule is CC(=O)c1ccc(OCCCC(=O)Nc2ccc(N3CCCC3=O)cc2)cc1. The number of benzene rings is 2. The van der Waals surface area contributed by atoms with Crippen molar-refractivity contribution >= 4 is 29.0 Å². The van der Waals surface area contributed by atoms with Gasteiger partial charge in [0, 0.05) is 36.3 Å². The van der Waals surface area contributed by atoms with Gasteiger partial charge in [0.15, 0.2) is 5.78 Å². The summed E-state index contributed by atoms with van der Waals surface area (Å²) in [7, 11) is 0. The molecular weight excluding hydrogens is 356 g/mol. The fourth-order valence-corrected chi connectivity index (χ4v) is 3.08. The summed E-state index contributed by atoms with van der Waals surface area (Å²) >= 11 is 0. The molecule has 0 unspecified atom stereocenters. The summed E-state index contributed by atoms with van der Waals surface area (Å²) in [6, 6.07) is 14.3. The van der Waals surface area contributed by atoms with Crippen molar-refractivity contribution in [3.8, 4) is 5.75 Å². The number of ketones is 1. The molecule has 0 saturated carbocycles. The summed E-state index contributed by atoms with van der Waals surface area (Å²) in [6.45, 7) is 2.69. The van der Waals surface area contributed by atoms with E-state index in [-0.39, 0.29) is 17.6 Å². The van der Waals surface area contributed by atoms with E-state index in [0.717, 1.165) is 18.7 Å². The van der Waals surface area contributed by atoms with Crippen LogP contribution in [0.25, 0.3) is 0 Å². The van der Waals surface area contributed by atoms with Crippen molar-refractivity contribution in [1.29, 1.82) is 0 Å². The Kier molecular flexibility index (Phi) is 6.42. The molecule has 146 valence electrons. The number of carbonyl (C=O) groups excluding carboxylic acids is 3. The Morgan fingerprint density at radius 2 is 1.79 bits per heavy atom. The van der Waals surface area contributed by atoms with E-state index < -0.39 is 0 Å². The summed E-state index contributed by atoms with van der Waals surface area (Å²) in [5.41, 5.74) is 2.22. The summed E-state index contributed by atoms with van der Waals surface area (Å²) in [6.07, 6.45) is 2.42. The van der Waals surface area contributed by atoms with Crippen LogP contribution < -0.4 is 15.0 Å². The number of hydrogen-bond donors (Lipinski definition) is 1. The van der Waals surface area contributed by atoms with Crippen molar-refractivity contribution in [1.82, 2.24) is 0 Å². The maximum Gasteiger partial charge on any atom is 0.227 e. The molecule has 6 nitrogen and oxygen atoms in total. The number of amides is 2. The van der Waals surface area contributed by atoms with Crippen LogP contribution in [0.5, 0.6) is 5.75 Å². The highest BCUT2D eigenvalue weighted by molar-refractivity contribution is 5.96. The van der Waals surface area contributed by atoms with Crippen LogP contribution in [0.15, 0.2) is 48.5 Å². The van der Waals surface area contributed by atoms with E-state index in [4.69, 9.17) is 4.74 Å². The Labute approximate surface area is 164 Å². The molecule has 0 aliphatic carbocycles. The standard InChI is InChI=1S/C22H24N2O4/c1-16(25)17-6-12-20(13-7-17)28-15-3-4-21(26)23-18-8-10-19(11-9-18)24-14-2-5-22(24)27/h6-13H,2-5,14-15H2,1H3,(H,23,26). The lowest BCUT2D eigenvalue weighted by atomic mass is 10.1. The average molecular weight is 380 g/mol. The number of ether oxygens (including phenoxy) is 1. The molecule has 1 fully saturated rings. The zero-order valence-electron chi connectivity index (χ0n) is 15.9. The first-order valence-electron chi connectivity index (χ1n) is 9.47. The van der Waals surface area contributed by atoms with Crippen LogP contribution in [-0.2, 0) is 9.59 Å². The molecule has 0 spiro atoms. The van der Waals surface area contributed by atoms with E-state index in [1.807, 2.05) is 24.3 Å². The van der Waals surface area contributed by atoms with Crippen LogP contribution in [0.4, 0.5) is 11.4 Å². The van der Waals surface area contributed by atoms with Gasteiger partial charge in [-0.15, -0.1) is 0 Å². The lowest BCUT2D eigenvalue weighted by Crippen LogP contribution is -2.23. The molecule has 1 heterocycles. The van der Waals surface area contributed by atoms with E-state index >= 15 is 0 Å². The van der Waals surface area contributed by atoms with Gasteiger partial charge in [-0.3, -0.25) is 14.4 Å². The molecule has 1 N–H and O–H groups in total. The van der Waals surface area contributed by atoms with Crippen LogP contribution in [-0.4, -0.2) is 30.7 Å². The minimum absolute atomic E-state index is 0.0169. The quantitative estimate of drug-likeness (QED) is 0.558. The molecule has 1 saturated heterocycles. The van der Waals surface area contributed by atoms with Gasteiger partial charge in [0.1, 0.15) is 5.75 Å². The predicted octanol–water partition coefficient (Wildman–Crippen LogP) is 3.81. The van der Waals surface area contributed by atoms with Gasteiger partial charge in [0.2, 0.25) is 11.8 Å². The van der Waals surface area contributed by atoms with E-state index in [1.54, 1.807) is 29.2 Å². The molecule has 28 heavy (non-hydrogen) atoms. The van der Waals surface area contributed by atoms with Crippen molar-refractivity contribution < 1.29 is 19.1 Å². The zero-order chi connectivity index (χ0) is 19.9. The second-order valence-electron chi connectivity index (χ2n) is 6.78. The molecule has 0 atom stereocenters. The van der Waals surface area contributed by atoms with Crippen LogP contribution in [0.3, 0.4) is 0 Å². The van der Waals surface area contributed by atoms with Crippen molar-refractivity contribution in [3.63, 3.8) is 0 Å². The lowest BCUT2D eigenvalue weighted by molar-refractivity contribution is -0.117. The fourth-order valence-electron chi connectivity index (χ4n) is 3.08. The maximum atomic E-state index is 12.1. The highest BCUT2D eigenvalue weighted by atomic mass is 16.5. The monoisotopic (exact) mass is 380 g/mol. The van der Waals surface area contributed by atoms with E-state index in [2.05, 4.69) is 5.32 Å². The lowest BCUT2D eigenvalue weighted by Gasteiger charge is -2.16. The number of carbonyl (C=O) groups is 3.